The smallest absolute Gasteiger partial charge is 0.407 e. The summed E-state index contributed by atoms with van der Waals surface area (Å²) in [6.45, 7) is 0.382. The van der Waals surface area contributed by atoms with Crippen molar-refractivity contribution in [3.8, 4) is 0 Å². The van der Waals surface area contributed by atoms with Crippen molar-refractivity contribution in [3.63, 3.8) is 0 Å². The zero-order valence-corrected chi connectivity index (χ0v) is 8.91. The number of amides is 1. The van der Waals surface area contributed by atoms with Crippen LogP contribution in [-0.4, -0.2) is 27.6 Å². The topological polar surface area (TPSA) is 66.6 Å². The van der Waals surface area contributed by atoms with Crippen molar-refractivity contribution in [2.24, 2.45) is 5.73 Å². The van der Waals surface area contributed by atoms with E-state index in [1.165, 1.54) is 4.90 Å². The number of rotatable bonds is 4. The van der Waals surface area contributed by atoms with Gasteiger partial charge in [-0.2, -0.15) is 0 Å². The van der Waals surface area contributed by atoms with Crippen molar-refractivity contribution in [1.29, 1.82) is 0 Å². The molecule has 1 aromatic rings. The van der Waals surface area contributed by atoms with E-state index >= 15 is 0 Å². The Morgan fingerprint density at radius 3 is 2.47 bits per heavy atom. The average Bonchev–Trinajstić information content (AvgIpc) is 2.17. The number of carbonyl (C=O) groups is 1. The molecule has 0 aliphatic heterocycles. The maximum absolute atomic E-state index is 10.9. The van der Waals surface area contributed by atoms with E-state index in [4.69, 9.17) is 10.8 Å². The fourth-order valence-electron chi connectivity index (χ4n) is 1.18. The molecule has 1 aromatic carbocycles. The second-order valence-electron chi connectivity index (χ2n) is 3.09. The lowest BCUT2D eigenvalue weighted by molar-refractivity contribution is 0.149. The molecule has 1 rings (SSSR count). The Bertz CT molecular complexity index is 354. The minimum Gasteiger partial charge on any atom is -0.465 e. The van der Waals surface area contributed by atoms with Gasteiger partial charge in [-0.15, -0.1) is 0 Å². The Morgan fingerprint density at radius 1 is 1.40 bits per heavy atom. The third kappa shape index (κ3) is 3.95. The normalized spacial score (nSPS) is 9.60. The van der Waals surface area contributed by atoms with Crippen LogP contribution in [0.2, 0.25) is 0 Å². The maximum atomic E-state index is 10.9. The van der Waals surface area contributed by atoms with Crippen LogP contribution < -0.4 is 5.73 Å². The van der Waals surface area contributed by atoms with Crippen molar-refractivity contribution < 1.29 is 9.90 Å². The molecule has 0 saturated carbocycles. The molecule has 0 aromatic heterocycles. The van der Waals surface area contributed by atoms with Crippen LogP contribution in [0.4, 0.5) is 4.79 Å². The van der Waals surface area contributed by atoms with Crippen LogP contribution in [0.25, 0.3) is 0 Å². The van der Waals surface area contributed by atoms with Crippen LogP contribution >= 0.6 is 12.2 Å². The summed E-state index contributed by atoms with van der Waals surface area (Å²) in [6.07, 6.45) is -1.02. The highest BCUT2D eigenvalue weighted by molar-refractivity contribution is 7.80. The van der Waals surface area contributed by atoms with Gasteiger partial charge in [0, 0.05) is 6.54 Å². The van der Waals surface area contributed by atoms with E-state index in [2.05, 4.69) is 12.2 Å². The number of nitrogens with zero attached hydrogens (tertiary/aromatic N) is 1. The molecule has 1 amide bonds. The Labute approximate surface area is 93.3 Å². The highest BCUT2D eigenvalue weighted by Crippen LogP contribution is 2.04. The quantitative estimate of drug-likeness (QED) is 0.760. The number of nitrogens with two attached hydrogens (primary N) is 1. The number of thiocarbonyl (C=S) groups is 1. The van der Waals surface area contributed by atoms with E-state index in [1.54, 1.807) is 0 Å². The summed E-state index contributed by atoms with van der Waals surface area (Å²) >= 11 is 4.68. The highest BCUT2D eigenvalue weighted by atomic mass is 32.1. The second kappa shape index (κ2) is 5.31. The molecule has 0 atom stereocenters. The summed E-state index contributed by atoms with van der Waals surface area (Å²) in [6, 6.07) is 9.31. The van der Waals surface area contributed by atoms with E-state index < -0.39 is 6.09 Å². The predicted octanol–water partition coefficient (Wildman–Crippen LogP) is 1.45. The zero-order chi connectivity index (χ0) is 11.3. The molecule has 4 nitrogen and oxygen atoms in total. The minimum absolute atomic E-state index is 0.0829. The third-order valence-electron chi connectivity index (χ3n) is 1.83. The summed E-state index contributed by atoms with van der Waals surface area (Å²) in [4.78, 5) is 12.2. The SMILES string of the molecule is NC(=S)CN(Cc1ccccc1)C(=O)O. The molecular weight excluding hydrogens is 212 g/mol. The largest absolute Gasteiger partial charge is 0.465 e. The molecule has 0 aliphatic carbocycles. The standard InChI is InChI=1S/C10H12N2O2S/c11-9(15)7-12(10(13)14)6-8-4-2-1-3-5-8/h1-5H,6-7H2,(H2,11,15)(H,13,14). The van der Waals surface area contributed by atoms with Crippen molar-refractivity contribution in [1.82, 2.24) is 4.90 Å². The lowest BCUT2D eigenvalue weighted by Crippen LogP contribution is -2.36. The fourth-order valence-corrected chi connectivity index (χ4v) is 1.34. The molecule has 80 valence electrons. The van der Waals surface area contributed by atoms with Crippen molar-refractivity contribution >= 4 is 23.3 Å². The molecule has 0 heterocycles. The third-order valence-corrected chi connectivity index (χ3v) is 1.96. The summed E-state index contributed by atoms with van der Waals surface area (Å²) in [5, 5.41) is 8.89. The molecule has 0 bridgehead atoms. The van der Waals surface area contributed by atoms with Crippen LogP contribution in [0.5, 0.6) is 0 Å². The van der Waals surface area contributed by atoms with Crippen molar-refractivity contribution in [3.05, 3.63) is 35.9 Å². The molecule has 3 N–H and O–H groups in total. The summed E-state index contributed by atoms with van der Waals surface area (Å²) in [7, 11) is 0. The van der Waals surface area contributed by atoms with Gasteiger partial charge in [0.15, 0.2) is 0 Å². The van der Waals surface area contributed by atoms with Crippen molar-refractivity contribution in [2.75, 3.05) is 6.54 Å². The van der Waals surface area contributed by atoms with Crippen LogP contribution in [0.15, 0.2) is 30.3 Å². The molecule has 15 heavy (non-hydrogen) atoms. The van der Waals surface area contributed by atoms with Gasteiger partial charge in [0.2, 0.25) is 0 Å². The van der Waals surface area contributed by atoms with Gasteiger partial charge in [-0.3, -0.25) is 4.90 Å². The van der Waals surface area contributed by atoms with Gasteiger partial charge in [0.05, 0.1) is 11.5 Å². The number of carboxylic acid groups (broad SMARTS) is 1. The Balaban J connectivity index is 2.67. The van der Waals surface area contributed by atoms with Gasteiger partial charge in [0.1, 0.15) is 0 Å². The highest BCUT2D eigenvalue weighted by Gasteiger charge is 2.12. The van der Waals surface area contributed by atoms with Crippen molar-refractivity contribution in [2.45, 2.75) is 6.54 Å². The number of hydrogen-bond donors (Lipinski definition) is 2. The molecule has 0 aliphatic rings. The van der Waals surface area contributed by atoms with Crippen LogP contribution in [0, 0.1) is 0 Å². The van der Waals surface area contributed by atoms with Gasteiger partial charge >= 0.3 is 6.09 Å². The van der Waals surface area contributed by atoms with Gasteiger partial charge in [0.25, 0.3) is 0 Å². The zero-order valence-electron chi connectivity index (χ0n) is 8.09. The minimum atomic E-state index is -1.02. The van der Waals surface area contributed by atoms with E-state index in [1.807, 2.05) is 30.3 Å². The lowest BCUT2D eigenvalue weighted by Gasteiger charge is -2.18. The Kier molecular flexibility index (Phi) is 4.05. The summed E-state index contributed by atoms with van der Waals surface area (Å²) < 4.78 is 0. The second-order valence-corrected chi connectivity index (χ2v) is 3.61. The Morgan fingerprint density at radius 2 is 2.00 bits per heavy atom. The fraction of sp³-hybridized carbons (Fsp3) is 0.200. The maximum Gasteiger partial charge on any atom is 0.407 e. The first kappa shape index (κ1) is 11.5. The van der Waals surface area contributed by atoms with E-state index in [9.17, 15) is 4.79 Å². The lowest BCUT2D eigenvalue weighted by atomic mass is 10.2. The molecular formula is C10H12N2O2S. The van der Waals surface area contributed by atoms with Gasteiger partial charge in [-0.05, 0) is 5.56 Å². The first-order valence-electron chi connectivity index (χ1n) is 4.39. The predicted molar refractivity (Wildman–Crippen MR) is 61.7 cm³/mol. The molecule has 0 saturated heterocycles. The average molecular weight is 224 g/mol. The molecule has 5 heteroatoms. The molecule has 0 spiro atoms. The van der Waals surface area contributed by atoms with Gasteiger partial charge in [-0.1, -0.05) is 42.5 Å². The van der Waals surface area contributed by atoms with E-state index in [0.717, 1.165) is 5.56 Å². The Hall–Kier alpha value is -1.62. The molecule has 0 fully saturated rings. The molecule has 0 unspecified atom stereocenters. The number of hydrogen-bond acceptors (Lipinski definition) is 2. The van der Waals surface area contributed by atoms with E-state index in [-0.39, 0.29) is 11.5 Å². The molecule has 0 radical (unpaired) electrons. The monoisotopic (exact) mass is 224 g/mol. The van der Waals surface area contributed by atoms with E-state index in [0.29, 0.717) is 6.54 Å². The van der Waals surface area contributed by atoms with Crippen LogP contribution in [0.3, 0.4) is 0 Å². The van der Waals surface area contributed by atoms with Crippen LogP contribution in [0.1, 0.15) is 5.56 Å². The van der Waals surface area contributed by atoms with Crippen LogP contribution in [-0.2, 0) is 6.54 Å². The van der Waals surface area contributed by atoms with Gasteiger partial charge in [-0.25, -0.2) is 4.79 Å². The summed E-state index contributed by atoms with van der Waals surface area (Å²) in [5.41, 5.74) is 6.22. The van der Waals surface area contributed by atoms with Gasteiger partial charge < -0.3 is 10.8 Å². The first-order valence-corrected chi connectivity index (χ1v) is 4.80. The first-order chi connectivity index (χ1) is 7.09. The number of benzene rings is 1. The summed E-state index contributed by atoms with van der Waals surface area (Å²) in [5.74, 6) is 0.